The molecule has 0 aromatic rings. The molecular formula is C17H33NO2. The molecule has 0 radical (unpaired) electrons. The van der Waals surface area contributed by atoms with Gasteiger partial charge in [-0.1, -0.05) is 34.1 Å². The summed E-state index contributed by atoms with van der Waals surface area (Å²) in [6.45, 7) is 11.0. The van der Waals surface area contributed by atoms with Crippen molar-refractivity contribution in [3.63, 3.8) is 0 Å². The molecule has 0 amide bonds. The lowest BCUT2D eigenvalue weighted by Gasteiger charge is -2.52. The number of hydrogen-bond acceptors (Lipinski definition) is 3. The third kappa shape index (κ3) is 3.96. The second kappa shape index (κ2) is 6.76. The molecule has 0 spiro atoms. The van der Waals surface area contributed by atoms with Crippen molar-refractivity contribution in [2.24, 2.45) is 17.3 Å². The molecule has 0 saturated heterocycles. The SMILES string of the molecule is CC(C)COC1CC(NCC2CCCC(O)C2)C1(C)C. The Kier molecular flexibility index (Phi) is 5.49. The highest BCUT2D eigenvalue weighted by Gasteiger charge is 2.48. The highest BCUT2D eigenvalue weighted by molar-refractivity contribution is 5.03. The Labute approximate surface area is 124 Å². The second-order valence-corrected chi connectivity index (χ2v) is 7.92. The normalized spacial score (nSPS) is 36.9. The van der Waals surface area contributed by atoms with E-state index in [1.807, 2.05) is 0 Å². The van der Waals surface area contributed by atoms with Crippen molar-refractivity contribution in [3.05, 3.63) is 0 Å². The summed E-state index contributed by atoms with van der Waals surface area (Å²) >= 11 is 0. The molecule has 4 unspecified atom stereocenters. The number of ether oxygens (including phenoxy) is 1. The van der Waals surface area contributed by atoms with E-state index in [9.17, 15) is 5.11 Å². The maximum atomic E-state index is 9.73. The fourth-order valence-corrected chi connectivity index (χ4v) is 3.58. The number of aliphatic hydroxyl groups is 1. The van der Waals surface area contributed by atoms with Gasteiger partial charge in [-0.3, -0.25) is 0 Å². The van der Waals surface area contributed by atoms with Gasteiger partial charge < -0.3 is 15.2 Å². The quantitative estimate of drug-likeness (QED) is 0.787. The van der Waals surface area contributed by atoms with Crippen LogP contribution in [0.1, 0.15) is 59.8 Å². The highest BCUT2D eigenvalue weighted by atomic mass is 16.5. The smallest absolute Gasteiger partial charge is 0.0656 e. The Morgan fingerprint density at radius 1 is 1.25 bits per heavy atom. The van der Waals surface area contributed by atoms with Crippen LogP contribution < -0.4 is 5.32 Å². The molecule has 2 fully saturated rings. The Bertz CT molecular complexity index is 303. The number of aliphatic hydroxyl groups excluding tert-OH is 1. The molecule has 4 atom stereocenters. The Morgan fingerprint density at radius 2 is 2.00 bits per heavy atom. The Balaban J connectivity index is 1.70. The van der Waals surface area contributed by atoms with E-state index in [0.29, 0.717) is 24.0 Å². The minimum atomic E-state index is -0.0629. The number of nitrogens with one attached hydrogen (secondary N) is 1. The van der Waals surface area contributed by atoms with E-state index in [0.717, 1.165) is 32.4 Å². The van der Waals surface area contributed by atoms with E-state index >= 15 is 0 Å². The van der Waals surface area contributed by atoms with Gasteiger partial charge in [0.2, 0.25) is 0 Å². The van der Waals surface area contributed by atoms with Crippen molar-refractivity contribution >= 4 is 0 Å². The van der Waals surface area contributed by atoms with Crippen LogP contribution in [-0.2, 0) is 4.74 Å². The van der Waals surface area contributed by atoms with Crippen molar-refractivity contribution in [2.75, 3.05) is 13.2 Å². The molecule has 3 nitrogen and oxygen atoms in total. The van der Waals surface area contributed by atoms with Crippen molar-refractivity contribution < 1.29 is 9.84 Å². The zero-order valence-corrected chi connectivity index (χ0v) is 13.7. The number of rotatable bonds is 6. The molecule has 20 heavy (non-hydrogen) atoms. The summed E-state index contributed by atoms with van der Waals surface area (Å²) in [7, 11) is 0. The average Bonchev–Trinajstić information content (AvgIpc) is 2.36. The van der Waals surface area contributed by atoms with Gasteiger partial charge in [0.05, 0.1) is 12.2 Å². The summed E-state index contributed by atoms with van der Waals surface area (Å²) in [5.74, 6) is 1.27. The van der Waals surface area contributed by atoms with Crippen LogP contribution in [0.15, 0.2) is 0 Å². The standard InChI is InChI=1S/C17H33NO2/c1-12(2)11-20-16-9-15(17(16,3)4)18-10-13-6-5-7-14(19)8-13/h12-16,18-19H,5-11H2,1-4H3. The molecule has 2 rings (SSSR count). The van der Waals surface area contributed by atoms with Gasteiger partial charge in [-0.2, -0.15) is 0 Å². The lowest BCUT2D eigenvalue weighted by molar-refractivity contribution is -0.124. The van der Waals surface area contributed by atoms with Gasteiger partial charge in [0, 0.05) is 18.1 Å². The van der Waals surface area contributed by atoms with Gasteiger partial charge >= 0.3 is 0 Å². The zero-order chi connectivity index (χ0) is 14.8. The van der Waals surface area contributed by atoms with Gasteiger partial charge in [-0.25, -0.2) is 0 Å². The van der Waals surface area contributed by atoms with E-state index in [1.54, 1.807) is 0 Å². The first kappa shape index (κ1) is 16.3. The molecule has 2 N–H and O–H groups in total. The minimum absolute atomic E-state index is 0.0629. The number of hydrogen-bond donors (Lipinski definition) is 2. The van der Waals surface area contributed by atoms with Gasteiger partial charge in [-0.15, -0.1) is 0 Å². The summed E-state index contributed by atoms with van der Waals surface area (Å²) < 4.78 is 6.01. The Hall–Kier alpha value is -0.120. The van der Waals surface area contributed by atoms with E-state index in [2.05, 4.69) is 33.0 Å². The van der Waals surface area contributed by atoms with Crippen LogP contribution in [0, 0.1) is 17.3 Å². The lowest BCUT2D eigenvalue weighted by Crippen LogP contribution is -2.61. The molecule has 0 aromatic heterocycles. The molecule has 2 aliphatic carbocycles. The average molecular weight is 283 g/mol. The van der Waals surface area contributed by atoms with Crippen LogP contribution >= 0.6 is 0 Å². The molecule has 0 aromatic carbocycles. The van der Waals surface area contributed by atoms with Crippen molar-refractivity contribution in [3.8, 4) is 0 Å². The maximum absolute atomic E-state index is 9.73. The van der Waals surface area contributed by atoms with Crippen molar-refractivity contribution in [1.29, 1.82) is 0 Å². The zero-order valence-electron chi connectivity index (χ0n) is 13.7. The third-order valence-corrected chi connectivity index (χ3v) is 5.22. The first-order valence-electron chi connectivity index (χ1n) is 8.42. The van der Waals surface area contributed by atoms with Gasteiger partial charge in [0.25, 0.3) is 0 Å². The molecule has 2 saturated carbocycles. The molecular weight excluding hydrogens is 250 g/mol. The summed E-state index contributed by atoms with van der Waals surface area (Å²) in [5, 5.41) is 13.5. The van der Waals surface area contributed by atoms with Crippen LogP contribution in [-0.4, -0.2) is 36.5 Å². The van der Waals surface area contributed by atoms with Crippen molar-refractivity contribution in [1.82, 2.24) is 5.32 Å². The molecule has 118 valence electrons. The van der Waals surface area contributed by atoms with Gasteiger partial charge in [-0.05, 0) is 44.1 Å². The molecule has 3 heteroatoms. The fraction of sp³-hybridized carbons (Fsp3) is 1.00. The summed E-state index contributed by atoms with van der Waals surface area (Å²) in [5.41, 5.74) is 0.238. The van der Waals surface area contributed by atoms with Crippen LogP contribution in [0.2, 0.25) is 0 Å². The monoisotopic (exact) mass is 283 g/mol. The van der Waals surface area contributed by atoms with Gasteiger partial charge in [0.15, 0.2) is 0 Å². The van der Waals surface area contributed by atoms with Crippen LogP contribution in [0.3, 0.4) is 0 Å². The van der Waals surface area contributed by atoms with E-state index in [4.69, 9.17) is 4.74 Å². The largest absolute Gasteiger partial charge is 0.393 e. The predicted octanol–water partition coefficient (Wildman–Crippen LogP) is 2.97. The second-order valence-electron chi connectivity index (χ2n) is 7.92. The Morgan fingerprint density at radius 3 is 2.60 bits per heavy atom. The molecule has 0 aliphatic heterocycles. The predicted molar refractivity (Wildman–Crippen MR) is 82.7 cm³/mol. The summed E-state index contributed by atoms with van der Waals surface area (Å²) in [6, 6.07) is 0.568. The van der Waals surface area contributed by atoms with Crippen LogP contribution in [0.4, 0.5) is 0 Å². The topological polar surface area (TPSA) is 41.5 Å². The lowest BCUT2D eigenvalue weighted by atomic mass is 9.64. The van der Waals surface area contributed by atoms with Crippen molar-refractivity contribution in [2.45, 2.75) is 78.0 Å². The summed E-state index contributed by atoms with van der Waals surface area (Å²) in [4.78, 5) is 0. The highest BCUT2D eigenvalue weighted by Crippen LogP contribution is 2.43. The summed E-state index contributed by atoms with van der Waals surface area (Å²) in [6.07, 6.45) is 5.90. The molecule has 2 aliphatic rings. The van der Waals surface area contributed by atoms with Gasteiger partial charge in [0.1, 0.15) is 0 Å². The third-order valence-electron chi connectivity index (χ3n) is 5.22. The van der Waals surface area contributed by atoms with E-state index in [1.165, 1.54) is 12.8 Å². The fourth-order valence-electron chi connectivity index (χ4n) is 3.58. The van der Waals surface area contributed by atoms with E-state index in [-0.39, 0.29) is 11.5 Å². The minimum Gasteiger partial charge on any atom is -0.393 e. The molecule has 0 bridgehead atoms. The molecule has 0 heterocycles. The van der Waals surface area contributed by atoms with E-state index < -0.39 is 0 Å². The first-order chi connectivity index (χ1) is 9.39. The maximum Gasteiger partial charge on any atom is 0.0656 e. The van der Waals surface area contributed by atoms with Crippen LogP contribution in [0.5, 0.6) is 0 Å². The van der Waals surface area contributed by atoms with Crippen LogP contribution in [0.25, 0.3) is 0 Å². The first-order valence-corrected chi connectivity index (χ1v) is 8.42.